The Kier molecular flexibility index (Phi) is 5.99. The van der Waals surface area contributed by atoms with Crippen LogP contribution in [0, 0.1) is 13.8 Å². The molecule has 0 bridgehead atoms. The lowest BCUT2D eigenvalue weighted by Gasteiger charge is -2.16. The van der Waals surface area contributed by atoms with Crippen molar-refractivity contribution in [2.24, 2.45) is 0 Å². The summed E-state index contributed by atoms with van der Waals surface area (Å²) in [6.07, 6.45) is 4.04. The second kappa shape index (κ2) is 8.61. The van der Waals surface area contributed by atoms with Gasteiger partial charge in [0.05, 0.1) is 6.42 Å². The Labute approximate surface area is 164 Å². The lowest BCUT2D eigenvalue weighted by Crippen LogP contribution is -2.36. The Hall–Kier alpha value is -3.28. The average Bonchev–Trinajstić information content (AvgIpc) is 2.67. The highest BCUT2D eigenvalue weighted by Crippen LogP contribution is 2.13. The van der Waals surface area contributed by atoms with E-state index >= 15 is 0 Å². The van der Waals surface area contributed by atoms with Gasteiger partial charge in [0, 0.05) is 35.3 Å². The highest BCUT2D eigenvalue weighted by Gasteiger charge is 2.15. The molecule has 0 aliphatic heterocycles. The number of pyridine rings is 1. The van der Waals surface area contributed by atoms with Crippen molar-refractivity contribution in [2.45, 2.75) is 39.7 Å². The summed E-state index contributed by atoms with van der Waals surface area (Å²) in [5, 5.41) is 2.98. The summed E-state index contributed by atoms with van der Waals surface area (Å²) in [4.78, 5) is 36.2. The third kappa shape index (κ3) is 4.71. The van der Waals surface area contributed by atoms with Crippen LogP contribution in [0.5, 0.6) is 0 Å². The molecule has 0 spiro atoms. The molecule has 6 heteroatoms. The molecule has 2 heterocycles. The summed E-state index contributed by atoms with van der Waals surface area (Å²) in [7, 11) is 0. The van der Waals surface area contributed by atoms with Crippen molar-refractivity contribution >= 4 is 5.91 Å². The summed E-state index contributed by atoms with van der Waals surface area (Å²) in [6.45, 7) is 5.77. The lowest BCUT2D eigenvalue weighted by atomic mass is 10.0. The van der Waals surface area contributed by atoms with E-state index in [1.54, 1.807) is 25.4 Å². The molecule has 6 nitrogen and oxygen atoms in total. The minimum atomic E-state index is -0.298. The van der Waals surface area contributed by atoms with E-state index in [0.717, 1.165) is 12.0 Å². The van der Waals surface area contributed by atoms with Gasteiger partial charge in [0.1, 0.15) is 5.82 Å². The molecule has 28 heavy (non-hydrogen) atoms. The van der Waals surface area contributed by atoms with Crippen molar-refractivity contribution in [1.82, 2.24) is 20.3 Å². The Morgan fingerprint density at radius 2 is 1.96 bits per heavy atom. The predicted octanol–water partition coefficient (Wildman–Crippen LogP) is 2.74. The van der Waals surface area contributed by atoms with Crippen LogP contribution < -0.4 is 10.9 Å². The van der Waals surface area contributed by atoms with Crippen LogP contribution in [0.3, 0.4) is 0 Å². The monoisotopic (exact) mass is 376 g/mol. The molecule has 1 aromatic carbocycles. The average molecular weight is 376 g/mol. The molecule has 0 aliphatic carbocycles. The highest BCUT2D eigenvalue weighted by molar-refractivity contribution is 5.79. The second-order valence-electron chi connectivity index (χ2n) is 7.00. The van der Waals surface area contributed by atoms with Gasteiger partial charge in [-0.2, -0.15) is 0 Å². The maximum Gasteiger partial charge on any atom is 0.255 e. The van der Waals surface area contributed by atoms with Crippen LogP contribution in [-0.4, -0.2) is 26.9 Å². The molecule has 0 saturated carbocycles. The third-order valence-electron chi connectivity index (χ3n) is 4.69. The van der Waals surface area contributed by atoms with Crippen LogP contribution in [0.15, 0.2) is 53.6 Å². The van der Waals surface area contributed by atoms with Gasteiger partial charge < -0.3 is 10.3 Å². The van der Waals surface area contributed by atoms with Crippen molar-refractivity contribution in [1.29, 1.82) is 0 Å². The molecule has 3 rings (SSSR count). The fourth-order valence-corrected chi connectivity index (χ4v) is 3.16. The van der Waals surface area contributed by atoms with Crippen LogP contribution in [0.1, 0.15) is 29.3 Å². The molecule has 0 fully saturated rings. The number of hydrogen-bond donors (Lipinski definition) is 2. The minimum absolute atomic E-state index is 0.000399. The van der Waals surface area contributed by atoms with Gasteiger partial charge in [-0.05, 0) is 50.5 Å². The largest absolute Gasteiger partial charge is 0.353 e. The molecule has 1 unspecified atom stereocenters. The maximum atomic E-state index is 12.5. The number of carbonyl (C=O) groups is 1. The van der Waals surface area contributed by atoms with Crippen LogP contribution >= 0.6 is 0 Å². The van der Waals surface area contributed by atoms with Crippen LogP contribution in [0.4, 0.5) is 0 Å². The second-order valence-corrected chi connectivity index (χ2v) is 7.00. The number of nitrogens with one attached hydrogen (secondary N) is 2. The zero-order chi connectivity index (χ0) is 20.1. The number of aromatic amines is 1. The van der Waals surface area contributed by atoms with Crippen molar-refractivity contribution in [3.05, 3.63) is 81.5 Å². The molecular weight excluding hydrogens is 352 g/mol. The van der Waals surface area contributed by atoms with E-state index in [1.165, 1.54) is 11.1 Å². The van der Waals surface area contributed by atoms with Crippen molar-refractivity contribution in [3.8, 4) is 11.4 Å². The van der Waals surface area contributed by atoms with Gasteiger partial charge in [-0.25, -0.2) is 4.98 Å². The SMILES string of the molecule is Cc1ccccc1CC(C)NC(=O)Cc1c(C)nc(-c2cccnc2)[nH]c1=O. The van der Waals surface area contributed by atoms with E-state index in [0.29, 0.717) is 17.1 Å². The van der Waals surface area contributed by atoms with Crippen LogP contribution in [0.2, 0.25) is 0 Å². The topological polar surface area (TPSA) is 87.7 Å². The van der Waals surface area contributed by atoms with Crippen molar-refractivity contribution < 1.29 is 4.79 Å². The van der Waals surface area contributed by atoms with E-state index in [1.807, 2.05) is 25.1 Å². The number of hydrogen-bond acceptors (Lipinski definition) is 4. The quantitative estimate of drug-likeness (QED) is 0.692. The molecule has 0 saturated heterocycles. The van der Waals surface area contributed by atoms with Crippen molar-refractivity contribution in [2.75, 3.05) is 0 Å². The number of H-pyrrole nitrogens is 1. The number of rotatable bonds is 6. The zero-order valence-electron chi connectivity index (χ0n) is 16.3. The molecule has 1 amide bonds. The minimum Gasteiger partial charge on any atom is -0.353 e. The summed E-state index contributed by atoms with van der Waals surface area (Å²) >= 11 is 0. The lowest BCUT2D eigenvalue weighted by molar-refractivity contribution is -0.121. The molecule has 0 radical (unpaired) electrons. The molecular formula is C22H24N4O2. The Morgan fingerprint density at radius 1 is 1.18 bits per heavy atom. The smallest absolute Gasteiger partial charge is 0.255 e. The first kappa shape index (κ1) is 19.5. The number of aryl methyl sites for hydroxylation is 2. The third-order valence-corrected chi connectivity index (χ3v) is 4.69. The van der Waals surface area contributed by atoms with E-state index in [-0.39, 0.29) is 23.9 Å². The van der Waals surface area contributed by atoms with Crippen LogP contribution in [-0.2, 0) is 17.6 Å². The van der Waals surface area contributed by atoms with E-state index in [9.17, 15) is 9.59 Å². The summed E-state index contributed by atoms with van der Waals surface area (Å²) in [5.74, 6) is 0.262. The Bertz CT molecular complexity index is 1030. The van der Waals surface area contributed by atoms with Gasteiger partial charge in [-0.1, -0.05) is 24.3 Å². The fourth-order valence-electron chi connectivity index (χ4n) is 3.16. The van der Waals surface area contributed by atoms with E-state index in [4.69, 9.17) is 0 Å². The molecule has 2 aromatic heterocycles. The van der Waals surface area contributed by atoms with Gasteiger partial charge in [0.25, 0.3) is 5.56 Å². The maximum absolute atomic E-state index is 12.5. The molecule has 3 aromatic rings. The van der Waals surface area contributed by atoms with Gasteiger partial charge >= 0.3 is 0 Å². The first-order valence-corrected chi connectivity index (χ1v) is 9.28. The number of carbonyl (C=O) groups excluding carboxylic acids is 1. The van der Waals surface area contributed by atoms with E-state index in [2.05, 4.69) is 39.3 Å². The normalized spacial score (nSPS) is 11.8. The van der Waals surface area contributed by atoms with Gasteiger partial charge in [0.15, 0.2) is 0 Å². The summed E-state index contributed by atoms with van der Waals surface area (Å²) < 4.78 is 0. The van der Waals surface area contributed by atoms with Crippen molar-refractivity contribution in [3.63, 3.8) is 0 Å². The number of benzene rings is 1. The predicted molar refractivity (Wildman–Crippen MR) is 109 cm³/mol. The van der Waals surface area contributed by atoms with Crippen LogP contribution in [0.25, 0.3) is 11.4 Å². The summed E-state index contributed by atoms with van der Waals surface area (Å²) in [5.41, 5.74) is 3.76. The zero-order valence-corrected chi connectivity index (χ0v) is 16.3. The van der Waals surface area contributed by atoms with Gasteiger partial charge in [0.2, 0.25) is 5.91 Å². The number of nitrogens with zero attached hydrogens (tertiary/aromatic N) is 2. The Morgan fingerprint density at radius 3 is 2.64 bits per heavy atom. The fraction of sp³-hybridized carbons (Fsp3) is 0.273. The molecule has 144 valence electrons. The highest BCUT2D eigenvalue weighted by atomic mass is 16.2. The first-order chi connectivity index (χ1) is 13.4. The van der Waals surface area contributed by atoms with Gasteiger partial charge in [-0.3, -0.25) is 14.6 Å². The number of amides is 1. The molecule has 2 N–H and O–H groups in total. The Balaban J connectivity index is 1.68. The first-order valence-electron chi connectivity index (χ1n) is 9.28. The number of aromatic nitrogens is 3. The molecule has 0 aliphatic rings. The standard InChI is InChI=1S/C22H24N4O2/c1-14-7-4-5-8-17(14)11-15(2)24-20(27)12-19-16(3)25-21(26-22(19)28)18-9-6-10-23-13-18/h4-10,13,15H,11-12H2,1-3H3,(H,24,27)(H,25,26,28). The summed E-state index contributed by atoms with van der Waals surface area (Å²) in [6, 6.07) is 11.7. The van der Waals surface area contributed by atoms with Gasteiger partial charge in [-0.15, -0.1) is 0 Å². The van der Waals surface area contributed by atoms with E-state index < -0.39 is 0 Å². The molecule has 1 atom stereocenters.